The van der Waals surface area contributed by atoms with Crippen LogP contribution in [-0.4, -0.2) is 16.6 Å². The highest BCUT2D eigenvalue weighted by molar-refractivity contribution is 5.89. The van der Waals surface area contributed by atoms with Crippen molar-refractivity contribution < 1.29 is 9.53 Å². The van der Waals surface area contributed by atoms with E-state index in [2.05, 4.69) is 0 Å². The van der Waals surface area contributed by atoms with Crippen LogP contribution in [0.4, 0.5) is 0 Å². The van der Waals surface area contributed by atoms with Crippen LogP contribution in [0.5, 0.6) is 0 Å². The summed E-state index contributed by atoms with van der Waals surface area (Å²) in [5.74, 6) is -0.329. The van der Waals surface area contributed by atoms with E-state index in [4.69, 9.17) is 4.74 Å². The maximum absolute atomic E-state index is 11.8. The van der Waals surface area contributed by atoms with Gasteiger partial charge in [-0.25, -0.2) is 4.79 Å². The van der Waals surface area contributed by atoms with Crippen LogP contribution >= 0.6 is 0 Å². The van der Waals surface area contributed by atoms with Gasteiger partial charge in [-0.05, 0) is 44.5 Å². The minimum absolute atomic E-state index is 0.0294. The molecule has 0 spiro atoms. The number of nitrogens with zero attached hydrogens (tertiary/aromatic N) is 1. The number of aryl methyl sites for hydroxylation is 1. The molecule has 0 saturated carbocycles. The summed E-state index contributed by atoms with van der Waals surface area (Å²) in [5.41, 5.74) is 2.36. The first-order valence-electron chi connectivity index (χ1n) is 6.94. The summed E-state index contributed by atoms with van der Waals surface area (Å²) in [5, 5.41) is 0. The van der Waals surface area contributed by atoms with Gasteiger partial charge in [-0.3, -0.25) is 4.79 Å². The minimum atomic E-state index is -0.329. The number of esters is 1. The average Bonchev–Trinajstić information content (AvgIpc) is 2.43. The Morgan fingerprint density at radius 3 is 2.38 bits per heavy atom. The Hall–Kier alpha value is -2.36. The van der Waals surface area contributed by atoms with Gasteiger partial charge in [0.05, 0.1) is 18.2 Å². The Bertz CT molecular complexity index is 684. The molecular formula is C17H19NO3. The molecule has 4 nitrogen and oxygen atoms in total. The van der Waals surface area contributed by atoms with Crippen molar-refractivity contribution in [2.24, 2.45) is 0 Å². The molecule has 0 fully saturated rings. The Morgan fingerprint density at radius 2 is 1.81 bits per heavy atom. The van der Waals surface area contributed by atoms with Crippen LogP contribution in [0, 0.1) is 6.92 Å². The van der Waals surface area contributed by atoms with Crippen LogP contribution < -0.4 is 5.56 Å². The number of hydrogen-bond acceptors (Lipinski definition) is 3. The van der Waals surface area contributed by atoms with Gasteiger partial charge in [-0.15, -0.1) is 0 Å². The van der Waals surface area contributed by atoms with E-state index in [1.165, 1.54) is 0 Å². The second-order valence-electron chi connectivity index (χ2n) is 5.24. The van der Waals surface area contributed by atoms with Crippen LogP contribution in [0.25, 0.3) is 0 Å². The number of benzene rings is 1. The van der Waals surface area contributed by atoms with Gasteiger partial charge in [-0.2, -0.15) is 0 Å². The van der Waals surface area contributed by atoms with Crippen molar-refractivity contribution in [1.82, 2.24) is 4.57 Å². The third-order valence-electron chi connectivity index (χ3n) is 3.14. The molecule has 21 heavy (non-hydrogen) atoms. The molecule has 0 N–H and O–H groups in total. The van der Waals surface area contributed by atoms with Crippen molar-refractivity contribution in [1.29, 1.82) is 0 Å². The quantitative estimate of drug-likeness (QED) is 0.812. The van der Waals surface area contributed by atoms with Crippen molar-refractivity contribution >= 4 is 5.97 Å². The topological polar surface area (TPSA) is 48.3 Å². The average molecular weight is 285 g/mol. The van der Waals surface area contributed by atoms with Gasteiger partial charge in [-0.1, -0.05) is 18.2 Å². The van der Waals surface area contributed by atoms with Crippen molar-refractivity contribution in [3.8, 4) is 0 Å². The van der Waals surface area contributed by atoms with E-state index < -0.39 is 0 Å². The Balaban J connectivity index is 2.16. The standard InChI is InChI=1S/C17H19NO3/c1-12(2)21-17(20)15-9-7-14(8-10-15)11-18-13(3)5-4-6-16(18)19/h4-10,12H,11H2,1-3H3. The lowest BCUT2D eigenvalue weighted by Gasteiger charge is -2.11. The molecule has 0 radical (unpaired) electrons. The fourth-order valence-electron chi connectivity index (χ4n) is 2.04. The minimum Gasteiger partial charge on any atom is -0.459 e. The Kier molecular flexibility index (Phi) is 4.58. The number of ether oxygens (including phenoxy) is 1. The third kappa shape index (κ3) is 3.81. The molecule has 1 aromatic carbocycles. The van der Waals surface area contributed by atoms with E-state index in [1.807, 2.05) is 39.0 Å². The normalized spacial score (nSPS) is 10.7. The van der Waals surface area contributed by atoms with E-state index in [1.54, 1.807) is 28.8 Å². The maximum Gasteiger partial charge on any atom is 0.338 e. The number of pyridine rings is 1. The monoisotopic (exact) mass is 285 g/mol. The van der Waals surface area contributed by atoms with E-state index in [-0.39, 0.29) is 17.6 Å². The molecule has 0 aliphatic rings. The smallest absolute Gasteiger partial charge is 0.338 e. The first-order chi connectivity index (χ1) is 9.97. The number of hydrogen-bond donors (Lipinski definition) is 0. The zero-order valence-electron chi connectivity index (χ0n) is 12.5. The zero-order chi connectivity index (χ0) is 15.4. The van der Waals surface area contributed by atoms with Crippen LogP contribution in [-0.2, 0) is 11.3 Å². The molecule has 0 saturated heterocycles. The van der Waals surface area contributed by atoms with Gasteiger partial charge in [0.25, 0.3) is 5.56 Å². The molecule has 0 unspecified atom stereocenters. The van der Waals surface area contributed by atoms with Crippen LogP contribution in [0.15, 0.2) is 47.3 Å². The SMILES string of the molecule is Cc1cccc(=O)n1Cc1ccc(C(=O)OC(C)C)cc1. The lowest BCUT2D eigenvalue weighted by atomic mass is 10.1. The number of rotatable bonds is 4. The summed E-state index contributed by atoms with van der Waals surface area (Å²) in [6.07, 6.45) is -0.136. The molecule has 0 bridgehead atoms. The van der Waals surface area contributed by atoms with E-state index in [9.17, 15) is 9.59 Å². The molecular weight excluding hydrogens is 266 g/mol. The van der Waals surface area contributed by atoms with Crippen molar-refractivity contribution in [2.75, 3.05) is 0 Å². The predicted octanol–water partition coefficient (Wildman–Crippen LogP) is 2.77. The molecule has 1 aromatic heterocycles. The summed E-state index contributed by atoms with van der Waals surface area (Å²) in [4.78, 5) is 23.6. The summed E-state index contributed by atoms with van der Waals surface area (Å²) in [6, 6.07) is 12.3. The molecule has 0 aliphatic heterocycles. The summed E-state index contributed by atoms with van der Waals surface area (Å²) in [6.45, 7) is 6.02. The first kappa shape index (κ1) is 15.0. The van der Waals surface area contributed by atoms with Gasteiger partial charge in [0.15, 0.2) is 0 Å². The zero-order valence-corrected chi connectivity index (χ0v) is 12.5. The molecule has 0 aliphatic carbocycles. The number of carbonyl (C=O) groups is 1. The van der Waals surface area contributed by atoms with Gasteiger partial charge >= 0.3 is 5.97 Å². The second-order valence-corrected chi connectivity index (χ2v) is 5.24. The van der Waals surface area contributed by atoms with Crippen molar-refractivity contribution in [3.63, 3.8) is 0 Å². The second kappa shape index (κ2) is 6.39. The van der Waals surface area contributed by atoms with E-state index >= 15 is 0 Å². The molecule has 1 heterocycles. The highest BCUT2D eigenvalue weighted by atomic mass is 16.5. The largest absolute Gasteiger partial charge is 0.459 e. The predicted molar refractivity (Wildman–Crippen MR) is 81.5 cm³/mol. The lowest BCUT2D eigenvalue weighted by Crippen LogP contribution is -2.21. The third-order valence-corrected chi connectivity index (χ3v) is 3.14. The number of carbonyl (C=O) groups excluding carboxylic acids is 1. The molecule has 2 rings (SSSR count). The Labute approximate surface area is 124 Å². The van der Waals surface area contributed by atoms with E-state index in [0.717, 1.165) is 11.3 Å². The maximum atomic E-state index is 11.8. The molecule has 110 valence electrons. The molecule has 0 atom stereocenters. The highest BCUT2D eigenvalue weighted by Gasteiger charge is 2.09. The summed E-state index contributed by atoms with van der Waals surface area (Å²) in [7, 11) is 0. The van der Waals surface area contributed by atoms with Crippen LogP contribution in [0.1, 0.15) is 35.5 Å². The first-order valence-corrected chi connectivity index (χ1v) is 6.94. The highest BCUT2D eigenvalue weighted by Crippen LogP contribution is 2.09. The van der Waals surface area contributed by atoms with Gasteiger partial charge < -0.3 is 9.30 Å². The summed E-state index contributed by atoms with van der Waals surface area (Å²) < 4.78 is 6.83. The molecule has 0 amide bonds. The van der Waals surface area contributed by atoms with Crippen molar-refractivity contribution in [2.45, 2.75) is 33.4 Å². The fraction of sp³-hybridized carbons (Fsp3) is 0.294. The van der Waals surface area contributed by atoms with Gasteiger partial charge in [0.2, 0.25) is 0 Å². The number of aromatic nitrogens is 1. The lowest BCUT2D eigenvalue weighted by molar-refractivity contribution is 0.0378. The van der Waals surface area contributed by atoms with Gasteiger partial charge in [0, 0.05) is 11.8 Å². The van der Waals surface area contributed by atoms with E-state index in [0.29, 0.717) is 12.1 Å². The fourth-order valence-corrected chi connectivity index (χ4v) is 2.04. The van der Waals surface area contributed by atoms with Crippen LogP contribution in [0.2, 0.25) is 0 Å². The Morgan fingerprint density at radius 1 is 1.14 bits per heavy atom. The molecule has 2 aromatic rings. The molecule has 4 heteroatoms. The van der Waals surface area contributed by atoms with Crippen LogP contribution in [0.3, 0.4) is 0 Å². The van der Waals surface area contributed by atoms with Gasteiger partial charge in [0.1, 0.15) is 0 Å². The summed E-state index contributed by atoms with van der Waals surface area (Å²) >= 11 is 0. The van der Waals surface area contributed by atoms with Crippen molar-refractivity contribution in [3.05, 3.63) is 69.6 Å².